The van der Waals surface area contributed by atoms with Crippen LogP contribution in [0.25, 0.3) is 0 Å². The Morgan fingerprint density at radius 3 is 3.13 bits per heavy atom. The minimum atomic E-state index is 0.246. The van der Waals surface area contributed by atoms with E-state index in [0.29, 0.717) is 12.1 Å². The number of nitrogens with zero attached hydrogens (tertiary/aromatic N) is 2. The molecule has 2 N–H and O–H groups in total. The van der Waals surface area contributed by atoms with Gasteiger partial charge in [-0.2, -0.15) is 5.10 Å². The van der Waals surface area contributed by atoms with Crippen molar-refractivity contribution in [3.05, 3.63) is 11.8 Å². The molecule has 2 unspecified atom stereocenters. The molecule has 84 valence electrons. The molecule has 0 aliphatic carbocycles. The summed E-state index contributed by atoms with van der Waals surface area (Å²) in [6.45, 7) is 4.64. The zero-order valence-electron chi connectivity index (χ0n) is 9.40. The van der Waals surface area contributed by atoms with Crippen molar-refractivity contribution in [3.63, 3.8) is 0 Å². The zero-order valence-corrected chi connectivity index (χ0v) is 9.40. The van der Waals surface area contributed by atoms with Crippen molar-refractivity contribution in [1.82, 2.24) is 9.78 Å². The molecule has 2 atom stereocenters. The number of anilines is 1. The summed E-state index contributed by atoms with van der Waals surface area (Å²) in [4.78, 5) is 0. The van der Waals surface area contributed by atoms with E-state index in [9.17, 15) is 0 Å². The smallest absolute Gasteiger partial charge is 0.127 e. The quantitative estimate of drug-likeness (QED) is 0.794. The minimum Gasteiger partial charge on any atom is -0.396 e. The molecule has 4 nitrogen and oxygen atoms in total. The van der Waals surface area contributed by atoms with Gasteiger partial charge in [0.1, 0.15) is 5.82 Å². The second kappa shape index (κ2) is 4.23. The molecule has 0 saturated carbocycles. The van der Waals surface area contributed by atoms with E-state index in [4.69, 9.17) is 5.11 Å². The second-order valence-corrected chi connectivity index (χ2v) is 4.42. The lowest BCUT2D eigenvalue weighted by atomic mass is 10.1. The second-order valence-electron chi connectivity index (χ2n) is 4.42. The molecule has 1 aliphatic heterocycles. The van der Waals surface area contributed by atoms with Crippen LogP contribution in [0.4, 0.5) is 5.82 Å². The number of hydrogen-bond donors (Lipinski definition) is 2. The third-order valence-corrected chi connectivity index (χ3v) is 2.97. The summed E-state index contributed by atoms with van der Waals surface area (Å²) in [6, 6.07) is 0.983. The Labute approximate surface area is 90.3 Å². The fourth-order valence-electron chi connectivity index (χ4n) is 2.25. The van der Waals surface area contributed by atoms with Gasteiger partial charge in [-0.1, -0.05) is 0 Å². The van der Waals surface area contributed by atoms with Crippen molar-refractivity contribution in [1.29, 1.82) is 0 Å². The molecule has 0 bridgehead atoms. The first kappa shape index (κ1) is 10.5. The Hall–Kier alpha value is -1.03. The molecule has 1 aliphatic rings. The Morgan fingerprint density at radius 1 is 1.60 bits per heavy atom. The normalized spacial score (nSPS) is 24.7. The van der Waals surface area contributed by atoms with E-state index in [2.05, 4.69) is 28.9 Å². The van der Waals surface area contributed by atoms with Crippen LogP contribution in [0.5, 0.6) is 0 Å². The zero-order chi connectivity index (χ0) is 10.8. The highest BCUT2D eigenvalue weighted by Crippen LogP contribution is 2.29. The van der Waals surface area contributed by atoms with Gasteiger partial charge < -0.3 is 10.4 Å². The Kier molecular flexibility index (Phi) is 2.95. The van der Waals surface area contributed by atoms with Crippen LogP contribution in [0.2, 0.25) is 0 Å². The predicted molar refractivity (Wildman–Crippen MR) is 60.0 cm³/mol. The molecule has 2 rings (SSSR count). The lowest BCUT2D eigenvalue weighted by Crippen LogP contribution is -2.29. The van der Waals surface area contributed by atoms with Crippen LogP contribution >= 0.6 is 0 Å². The SMILES string of the molecule is CC1CC(C)n2ncc(CCCO)c2N1. The summed E-state index contributed by atoms with van der Waals surface area (Å²) >= 11 is 0. The first-order valence-corrected chi connectivity index (χ1v) is 5.66. The van der Waals surface area contributed by atoms with Crippen molar-refractivity contribution in [2.75, 3.05) is 11.9 Å². The number of aromatic nitrogens is 2. The number of fused-ring (bicyclic) bond motifs is 1. The van der Waals surface area contributed by atoms with Gasteiger partial charge in [-0.05, 0) is 33.1 Å². The number of hydrogen-bond acceptors (Lipinski definition) is 3. The highest BCUT2D eigenvalue weighted by Gasteiger charge is 2.23. The summed E-state index contributed by atoms with van der Waals surface area (Å²) in [5.41, 5.74) is 1.22. The van der Waals surface area contributed by atoms with Gasteiger partial charge in [0, 0.05) is 18.2 Å². The minimum absolute atomic E-state index is 0.246. The monoisotopic (exact) mass is 209 g/mol. The average molecular weight is 209 g/mol. The number of aliphatic hydroxyl groups is 1. The molecule has 0 spiro atoms. The van der Waals surface area contributed by atoms with Crippen molar-refractivity contribution in [3.8, 4) is 0 Å². The van der Waals surface area contributed by atoms with Gasteiger partial charge in [-0.25, -0.2) is 4.68 Å². The van der Waals surface area contributed by atoms with Crippen LogP contribution in [0.1, 0.15) is 38.3 Å². The van der Waals surface area contributed by atoms with E-state index < -0.39 is 0 Å². The van der Waals surface area contributed by atoms with E-state index in [1.165, 1.54) is 5.56 Å². The molecule has 0 radical (unpaired) electrons. The van der Waals surface area contributed by atoms with Gasteiger partial charge in [0.05, 0.1) is 12.2 Å². The summed E-state index contributed by atoms with van der Waals surface area (Å²) in [7, 11) is 0. The van der Waals surface area contributed by atoms with Crippen LogP contribution in [-0.2, 0) is 6.42 Å². The molecule has 0 saturated heterocycles. The van der Waals surface area contributed by atoms with Crippen molar-refractivity contribution < 1.29 is 5.11 Å². The van der Waals surface area contributed by atoms with Crippen molar-refractivity contribution in [2.45, 2.75) is 45.2 Å². The van der Waals surface area contributed by atoms with Gasteiger partial charge >= 0.3 is 0 Å². The summed E-state index contributed by atoms with van der Waals surface area (Å²) in [6.07, 6.45) is 4.75. The average Bonchev–Trinajstić information content (AvgIpc) is 2.58. The van der Waals surface area contributed by atoms with Crippen molar-refractivity contribution >= 4 is 5.82 Å². The highest BCUT2D eigenvalue weighted by atomic mass is 16.2. The Bertz CT molecular complexity index is 335. The lowest BCUT2D eigenvalue weighted by molar-refractivity contribution is 0.288. The van der Waals surface area contributed by atoms with Gasteiger partial charge in [-0.15, -0.1) is 0 Å². The van der Waals surface area contributed by atoms with Gasteiger partial charge in [0.25, 0.3) is 0 Å². The lowest BCUT2D eigenvalue weighted by Gasteiger charge is -2.28. The Balaban J connectivity index is 2.21. The van der Waals surface area contributed by atoms with Gasteiger partial charge in [-0.3, -0.25) is 0 Å². The van der Waals surface area contributed by atoms with E-state index in [1.807, 2.05) is 6.20 Å². The molecule has 0 amide bonds. The number of aliphatic hydroxyl groups excluding tert-OH is 1. The van der Waals surface area contributed by atoms with Gasteiger partial charge in [0.2, 0.25) is 0 Å². The van der Waals surface area contributed by atoms with E-state index in [-0.39, 0.29) is 6.61 Å². The van der Waals surface area contributed by atoms with Crippen LogP contribution in [-0.4, -0.2) is 27.5 Å². The number of rotatable bonds is 3. The third-order valence-electron chi connectivity index (χ3n) is 2.97. The standard InChI is InChI=1S/C11H19N3O/c1-8-6-9(2)14-11(13-8)10(7-12-14)4-3-5-15/h7-9,13,15H,3-6H2,1-2H3. The molecule has 0 fully saturated rings. The van der Waals surface area contributed by atoms with Gasteiger partial charge in [0.15, 0.2) is 0 Å². The maximum atomic E-state index is 8.83. The fraction of sp³-hybridized carbons (Fsp3) is 0.727. The molecule has 0 aromatic carbocycles. The fourth-order valence-corrected chi connectivity index (χ4v) is 2.25. The molecule has 4 heteroatoms. The topological polar surface area (TPSA) is 50.1 Å². The molecular formula is C11H19N3O. The third kappa shape index (κ3) is 2.00. The van der Waals surface area contributed by atoms with Crippen molar-refractivity contribution in [2.24, 2.45) is 0 Å². The summed E-state index contributed by atoms with van der Waals surface area (Å²) < 4.78 is 2.06. The molecular weight excluding hydrogens is 190 g/mol. The highest BCUT2D eigenvalue weighted by molar-refractivity contribution is 5.46. The summed E-state index contributed by atoms with van der Waals surface area (Å²) in [5.74, 6) is 1.15. The predicted octanol–water partition coefficient (Wildman–Crippen LogP) is 1.57. The van der Waals surface area contributed by atoms with Crippen LogP contribution < -0.4 is 5.32 Å². The maximum absolute atomic E-state index is 8.83. The van der Waals surface area contributed by atoms with E-state index >= 15 is 0 Å². The Morgan fingerprint density at radius 2 is 2.40 bits per heavy atom. The summed E-state index contributed by atoms with van der Waals surface area (Å²) in [5, 5.41) is 16.7. The van der Waals surface area contributed by atoms with E-state index in [0.717, 1.165) is 25.1 Å². The largest absolute Gasteiger partial charge is 0.396 e. The number of aryl methyl sites for hydroxylation is 1. The van der Waals surface area contributed by atoms with Crippen LogP contribution in [0.3, 0.4) is 0 Å². The maximum Gasteiger partial charge on any atom is 0.127 e. The number of nitrogens with one attached hydrogen (secondary N) is 1. The van der Waals surface area contributed by atoms with Crippen LogP contribution in [0, 0.1) is 0 Å². The molecule has 1 aromatic heterocycles. The van der Waals surface area contributed by atoms with E-state index in [1.54, 1.807) is 0 Å². The molecule has 2 heterocycles. The molecule has 15 heavy (non-hydrogen) atoms. The molecule has 1 aromatic rings. The first-order chi connectivity index (χ1) is 7.22. The first-order valence-electron chi connectivity index (χ1n) is 5.66. The van der Waals surface area contributed by atoms with Crippen LogP contribution in [0.15, 0.2) is 6.20 Å².